The molecular formula is C21H28N4O5. The van der Waals surface area contributed by atoms with Gasteiger partial charge in [-0.05, 0) is 19.0 Å². The van der Waals surface area contributed by atoms with Crippen molar-refractivity contribution in [3.05, 3.63) is 29.8 Å². The summed E-state index contributed by atoms with van der Waals surface area (Å²) in [5.41, 5.74) is 2.04. The molecule has 3 heterocycles. The standard InChI is InChI=1S/C21H28N4O5/c1-22-13-16(26)11-17(22)20(27)25-8-6-24(7-9-25)12-15-5-3-4-14-10-18(30-21(28)29)23(2)19(14)15/h3-5,10,16-17,26H,6-9,11-13H2,1-2H3,(H,28,29)/t16-,17+/m1/s1. The van der Waals surface area contributed by atoms with Crippen molar-refractivity contribution in [2.45, 2.75) is 25.1 Å². The van der Waals surface area contributed by atoms with Gasteiger partial charge in [0.2, 0.25) is 11.8 Å². The Morgan fingerprint density at radius 3 is 2.53 bits per heavy atom. The van der Waals surface area contributed by atoms with E-state index in [1.54, 1.807) is 17.7 Å². The first-order valence-electron chi connectivity index (χ1n) is 10.2. The molecule has 0 unspecified atom stereocenters. The predicted molar refractivity (Wildman–Crippen MR) is 110 cm³/mol. The number of nitrogens with zero attached hydrogens (tertiary/aromatic N) is 4. The number of aliphatic hydroxyl groups is 1. The summed E-state index contributed by atoms with van der Waals surface area (Å²) in [5, 5.41) is 19.7. The van der Waals surface area contributed by atoms with Crippen LogP contribution in [0.25, 0.3) is 10.9 Å². The fourth-order valence-corrected chi connectivity index (χ4v) is 4.63. The topological polar surface area (TPSA) is 98.5 Å². The van der Waals surface area contributed by atoms with Crippen molar-refractivity contribution in [1.29, 1.82) is 0 Å². The first-order chi connectivity index (χ1) is 14.3. The number of likely N-dealkylation sites (tertiary alicyclic amines) is 1. The Balaban J connectivity index is 1.42. The van der Waals surface area contributed by atoms with Crippen LogP contribution in [0.2, 0.25) is 0 Å². The molecule has 2 aliphatic rings. The Morgan fingerprint density at radius 1 is 1.17 bits per heavy atom. The van der Waals surface area contributed by atoms with E-state index in [0.717, 1.165) is 29.6 Å². The molecule has 1 aromatic heterocycles. The number of hydrogen-bond acceptors (Lipinski definition) is 6. The van der Waals surface area contributed by atoms with Crippen LogP contribution in [-0.2, 0) is 18.4 Å². The number of likely N-dealkylation sites (N-methyl/N-ethyl adjacent to an activating group) is 1. The van der Waals surface area contributed by atoms with E-state index in [1.165, 1.54) is 0 Å². The summed E-state index contributed by atoms with van der Waals surface area (Å²) < 4.78 is 6.64. The van der Waals surface area contributed by atoms with E-state index in [4.69, 9.17) is 9.84 Å². The maximum Gasteiger partial charge on any atom is 0.512 e. The lowest BCUT2D eigenvalue weighted by Gasteiger charge is -2.37. The molecule has 0 saturated carbocycles. The molecule has 1 amide bonds. The van der Waals surface area contributed by atoms with E-state index < -0.39 is 12.3 Å². The SMILES string of the molecule is CN1C[C@H](O)C[C@H]1C(=O)N1CCN(Cc2cccc3cc(OC(=O)O)n(C)c23)CC1. The minimum atomic E-state index is -1.33. The molecule has 2 N–H and O–H groups in total. The number of carbonyl (C=O) groups is 2. The van der Waals surface area contributed by atoms with Gasteiger partial charge in [0.25, 0.3) is 0 Å². The van der Waals surface area contributed by atoms with Crippen LogP contribution >= 0.6 is 0 Å². The van der Waals surface area contributed by atoms with Crippen LogP contribution < -0.4 is 4.74 Å². The van der Waals surface area contributed by atoms with Crippen LogP contribution in [0.15, 0.2) is 24.3 Å². The molecule has 30 heavy (non-hydrogen) atoms. The summed E-state index contributed by atoms with van der Waals surface area (Å²) in [6, 6.07) is 7.45. The summed E-state index contributed by atoms with van der Waals surface area (Å²) in [5.74, 6) is 0.400. The van der Waals surface area contributed by atoms with Gasteiger partial charge >= 0.3 is 6.16 Å². The third-order valence-corrected chi connectivity index (χ3v) is 6.18. The molecule has 2 fully saturated rings. The normalized spacial score (nSPS) is 23.2. The molecule has 0 radical (unpaired) electrons. The molecular weight excluding hydrogens is 388 g/mol. The molecule has 2 aromatic rings. The third kappa shape index (κ3) is 4.00. The van der Waals surface area contributed by atoms with E-state index >= 15 is 0 Å². The number of β-amino-alcohol motifs (C(OH)–C–C–N with tert-alkyl or cyclic N) is 1. The lowest BCUT2D eigenvalue weighted by Crippen LogP contribution is -2.52. The Hall–Kier alpha value is -2.62. The Kier molecular flexibility index (Phi) is 5.68. The molecule has 9 nitrogen and oxygen atoms in total. The molecule has 0 bridgehead atoms. The van der Waals surface area contributed by atoms with Gasteiger partial charge in [-0.3, -0.25) is 14.6 Å². The van der Waals surface area contributed by atoms with Gasteiger partial charge in [-0.1, -0.05) is 18.2 Å². The zero-order valence-electron chi connectivity index (χ0n) is 17.3. The highest BCUT2D eigenvalue weighted by atomic mass is 16.7. The van der Waals surface area contributed by atoms with Crippen molar-refractivity contribution in [2.24, 2.45) is 7.05 Å². The van der Waals surface area contributed by atoms with Gasteiger partial charge in [-0.25, -0.2) is 4.79 Å². The Labute approximate surface area is 175 Å². The van der Waals surface area contributed by atoms with Crippen LogP contribution in [0, 0.1) is 0 Å². The number of piperazine rings is 1. The number of ether oxygens (including phenoxy) is 1. The van der Waals surface area contributed by atoms with Crippen LogP contribution in [0.3, 0.4) is 0 Å². The number of para-hydroxylation sites is 1. The van der Waals surface area contributed by atoms with Crippen molar-refractivity contribution in [1.82, 2.24) is 19.3 Å². The molecule has 162 valence electrons. The van der Waals surface area contributed by atoms with E-state index in [-0.39, 0.29) is 11.9 Å². The van der Waals surface area contributed by atoms with Crippen molar-refractivity contribution >= 4 is 23.0 Å². The minimum Gasteiger partial charge on any atom is -0.449 e. The van der Waals surface area contributed by atoms with Crippen LogP contribution in [0.5, 0.6) is 5.88 Å². The van der Waals surface area contributed by atoms with Gasteiger partial charge in [0.05, 0.1) is 17.7 Å². The smallest absolute Gasteiger partial charge is 0.449 e. The number of carbonyl (C=O) groups excluding carboxylic acids is 1. The molecule has 1 aromatic carbocycles. The number of rotatable bonds is 4. The highest BCUT2D eigenvalue weighted by molar-refractivity contribution is 5.86. The highest BCUT2D eigenvalue weighted by Crippen LogP contribution is 2.28. The number of aryl methyl sites for hydroxylation is 1. The highest BCUT2D eigenvalue weighted by Gasteiger charge is 2.36. The van der Waals surface area contributed by atoms with E-state index in [2.05, 4.69) is 4.90 Å². The van der Waals surface area contributed by atoms with E-state index in [9.17, 15) is 14.7 Å². The second-order valence-electron chi connectivity index (χ2n) is 8.21. The average Bonchev–Trinajstić information content (AvgIpc) is 3.20. The summed E-state index contributed by atoms with van der Waals surface area (Å²) in [7, 11) is 3.69. The van der Waals surface area contributed by atoms with E-state index in [1.807, 2.05) is 35.0 Å². The maximum absolute atomic E-state index is 12.8. The zero-order chi connectivity index (χ0) is 21.4. The van der Waals surface area contributed by atoms with Crippen molar-refractivity contribution < 1.29 is 24.5 Å². The van der Waals surface area contributed by atoms with Crippen molar-refractivity contribution in [2.75, 3.05) is 39.8 Å². The average molecular weight is 416 g/mol. The summed E-state index contributed by atoms with van der Waals surface area (Å²) in [4.78, 5) is 29.9. The van der Waals surface area contributed by atoms with Gasteiger partial charge in [0.15, 0.2) is 0 Å². The van der Waals surface area contributed by atoms with Crippen LogP contribution in [0.4, 0.5) is 4.79 Å². The molecule has 4 rings (SSSR count). The number of aliphatic hydroxyl groups excluding tert-OH is 1. The molecule has 2 saturated heterocycles. The molecule has 9 heteroatoms. The molecule has 0 aliphatic carbocycles. The third-order valence-electron chi connectivity index (χ3n) is 6.18. The molecule has 0 spiro atoms. The largest absolute Gasteiger partial charge is 0.512 e. The van der Waals surface area contributed by atoms with E-state index in [0.29, 0.717) is 38.5 Å². The monoisotopic (exact) mass is 416 g/mol. The summed E-state index contributed by atoms with van der Waals surface area (Å²) in [6.07, 6.45) is -1.25. The van der Waals surface area contributed by atoms with Gasteiger partial charge < -0.3 is 24.4 Å². The van der Waals surface area contributed by atoms with Crippen LogP contribution in [0.1, 0.15) is 12.0 Å². The fraction of sp³-hybridized carbons (Fsp3) is 0.524. The number of carboxylic acid groups (broad SMARTS) is 1. The lowest BCUT2D eigenvalue weighted by molar-refractivity contribution is -0.137. The Bertz CT molecular complexity index is 950. The molecule has 2 atom stereocenters. The van der Waals surface area contributed by atoms with Gasteiger partial charge in [-0.15, -0.1) is 0 Å². The minimum absolute atomic E-state index is 0.105. The number of aromatic nitrogens is 1. The van der Waals surface area contributed by atoms with Crippen LogP contribution in [-0.4, -0.2) is 93.5 Å². The summed E-state index contributed by atoms with van der Waals surface area (Å²) >= 11 is 0. The number of amides is 1. The second kappa shape index (κ2) is 8.25. The predicted octanol–water partition coefficient (Wildman–Crippen LogP) is 0.944. The zero-order valence-corrected chi connectivity index (χ0v) is 17.3. The molecule has 2 aliphatic heterocycles. The van der Waals surface area contributed by atoms with Gasteiger partial charge in [0.1, 0.15) is 0 Å². The first-order valence-corrected chi connectivity index (χ1v) is 10.2. The number of benzene rings is 1. The lowest BCUT2D eigenvalue weighted by atomic mass is 10.1. The maximum atomic E-state index is 12.8. The summed E-state index contributed by atoms with van der Waals surface area (Å²) in [6.45, 7) is 4.12. The van der Waals surface area contributed by atoms with Gasteiger partial charge in [-0.2, -0.15) is 0 Å². The quantitative estimate of drug-likeness (QED) is 0.716. The van der Waals surface area contributed by atoms with Crippen molar-refractivity contribution in [3.8, 4) is 5.88 Å². The Morgan fingerprint density at radius 2 is 1.90 bits per heavy atom. The number of hydrogen-bond donors (Lipinski definition) is 2. The van der Waals surface area contributed by atoms with Crippen molar-refractivity contribution in [3.63, 3.8) is 0 Å². The second-order valence-corrected chi connectivity index (χ2v) is 8.21. The van der Waals surface area contributed by atoms with Gasteiger partial charge in [0, 0.05) is 57.8 Å². The number of fused-ring (bicyclic) bond motifs is 1. The first kappa shape index (κ1) is 20.6. The fourth-order valence-electron chi connectivity index (χ4n) is 4.63.